The number of aromatic nitrogens is 2. The standard InChI is InChI=1S/C16H23N3S2/c1-11-12(2)21-15-13(11)14(18-10-19-15)17-9-16(20-3)7-5-4-6-8-16/h10H,4-9H2,1-3H3,(H,17,18,19). The molecule has 1 aliphatic rings. The molecule has 5 heteroatoms. The zero-order chi connectivity index (χ0) is 14.9. The summed E-state index contributed by atoms with van der Waals surface area (Å²) in [5.41, 5.74) is 1.32. The lowest BCUT2D eigenvalue weighted by molar-refractivity contribution is 0.411. The SMILES string of the molecule is CSC1(CNc2ncnc3sc(C)c(C)c23)CCCCC1. The van der Waals surface area contributed by atoms with Gasteiger partial charge in [-0.3, -0.25) is 0 Å². The van der Waals surface area contributed by atoms with Crippen LogP contribution in [-0.4, -0.2) is 27.5 Å². The van der Waals surface area contributed by atoms with E-state index in [2.05, 4.69) is 35.4 Å². The summed E-state index contributed by atoms with van der Waals surface area (Å²) in [6.07, 6.45) is 10.7. The molecule has 0 spiro atoms. The van der Waals surface area contributed by atoms with E-state index in [9.17, 15) is 0 Å². The van der Waals surface area contributed by atoms with Crippen LogP contribution < -0.4 is 5.32 Å². The molecule has 1 N–H and O–H groups in total. The molecule has 0 amide bonds. The quantitative estimate of drug-likeness (QED) is 0.879. The van der Waals surface area contributed by atoms with Crippen molar-refractivity contribution in [2.75, 3.05) is 18.1 Å². The second kappa shape index (κ2) is 6.13. The predicted octanol–water partition coefficient (Wildman–Crippen LogP) is 4.79. The molecule has 0 radical (unpaired) electrons. The Labute approximate surface area is 135 Å². The lowest BCUT2D eigenvalue weighted by Gasteiger charge is -2.36. The zero-order valence-corrected chi connectivity index (χ0v) is 14.7. The average molecular weight is 322 g/mol. The molecule has 2 heterocycles. The van der Waals surface area contributed by atoms with Crippen molar-refractivity contribution >= 4 is 39.1 Å². The van der Waals surface area contributed by atoms with E-state index in [0.717, 1.165) is 17.2 Å². The maximum absolute atomic E-state index is 4.51. The van der Waals surface area contributed by atoms with Crippen LogP contribution in [0.1, 0.15) is 42.5 Å². The maximum Gasteiger partial charge on any atom is 0.138 e. The Morgan fingerprint density at radius 3 is 2.71 bits per heavy atom. The van der Waals surface area contributed by atoms with E-state index < -0.39 is 0 Å². The Morgan fingerprint density at radius 2 is 2.00 bits per heavy atom. The third-order valence-electron chi connectivity index (χ3n) is 4.74. The molecule has 0 atom stereocenters. The molecule has 1 saturated carbocycles. The first-order valence-electron chi connectivity index (χ1n) is 7.65. The summed E-state index contributed by atoms with van der Waals surface area (Å²) in [5, 5.41) is 4.85. The molecule has 21 heavy (non-hydrogen) atoms. The fourth-order valence-corrected chi connectivity index (χ4v) is 5.12. The van der Waals surface area contributed by atoms with Crippen LogP contribution in [0.15, 0.2) is 6.33 Å². The van der Waals surface area contributed by atoms with Crippen molar-refractivity contribution in [3.63, 3.8) is 0 Å². The van der Waals surface area contributed by atoms with Gasteiger partial charge in [0.1, 0.15) is 17.0 Å². The molecule has 2 aromatic heterocycles. The van der Waals surface area contributed by atoms with E-state index in [1.54, 1.807) is 17.7 Å². The normalized spacial score (nSPS) is 18.0. The molecule has 1 aliphatic carbocycles. The first-order valence-corrected chi connectivity index (χ1v) is 9.69. The van der Waals surface area contributed by atoms with Crippen LogP contribution in [0.5, 0.6) is 0 Å². The van der Waals surface area contributed by atoms with E-state index in [1.165, 1.54) is 47.9 Å². The number of nitrogens with one attached hydrogen (secondary N) is 1. The number of thiophene rings is 1. The van der Waals surface area contributed by atoms with Crippen molar-refractivity contribution in [1.82, 2.24) is 9.97 Å². The minimum absolute atomic E-state index is 0.383. The van der Waals surface area contributed by atoms with Gasteiger partial charge >= 0.3 is 0 Å². The molecule has 0 unspecified atom stereocenters. The Balaban J connectivity index is 1.85. The molecular weight excluding hydrogens is 298 g/mol. The summed E-state index contributed by atoms with van der Waals surface area (Å²) in [6.45, 7) is 5.35. The topological polar surface area (TPSA) is 37.8 Å². The highest BCUT2D eigenvalue weighted by Gasteiger charge is 2.31. The van der Waals surface area contributed by atoms with Crippen molar-refractivity contribution in [2.24, 2.45) is 0 Å². The number of nitrogens with zero attached hydrogens (tertiary/aromatic N) is 2. The summed E-state index contributed by atoms with van der Waals surface area (Å²) in [4.78, 5) is 11.4. The lowest BCUT2D eigenvalue weighted by Crippen LogP contribution is -2.35. The molecule has 3 nitrogen and oxygen atoms in total. The lowest BCUT2D eigenvalue weighted by atomic mass is 9.88. The van der Waals surface area contributed by atoms with Gasteiger partial charge in [-0.05, 0) is 38.5 Å². The summed E-state index contributed by atoms with van der Waals surface area (Å²) in [6, 6.07) is 0. The predicted molar refractivity (Wildman–Crippen MR) is 94.7 cm³/mol. The van der Waals surface area contributed by atoms with Gasteiger partial charge in [-0.15, -0.1) is 11.3 Å². The highest BCUT2D eigenvalue weighted by atomic mass is 32.2. The van der Waals surface area contributed by atoms with Crippen molar-refractivity contribution < 1.29 is 0 Å². The molecule has 0 aromatic carbocycles. The van der Waals surface area contributed by atoms with Crippen LogP contribution in [0.4, 0.5) is 5.82 Å². The number of thioether (sulfide) groups is 1. The van der Waals surface area contributed by atoms with Gasteiger partial charge in [0, 0.05) is 16.2 Å². The van der Waals surface area contributed by atoms with Gasteiger partial charge in [-0.25, -0.2) is 9.97 Å². The van der Waals surface area contributed by atoms with Crippen LogP contribution in [0, 0.1) is 13.8 Å². The average Bonchev–Trinajstić information content (AvgIpc) is 2.82. The molecule has 114 valence electrons. The third-order valence-corrected chi connectivity index (χ3v) is 7.28. The molecule has 0 saturated heterocycles. The number of aryl methyl sites for hydroxylation is 2. The fraction of sp³-hybridized carbons (Fsp3) is 0.625. The van der Waals surface area contributed by atoms with Gasteiger partial charge < -0.3 is 5.32 Å². The Hall–Kier alpha value is -0.810. The number of hydrogen-bond donors (Lipinski definition) is 1. The highest BCUT2D eigenvalue weighted by molar-refractivity contribution is 8.00. The summed E-state index contributed by atoms with van der Waals surface area (Å²) < 4.78 is 0.383. The Morgan fingerprint density at radius 1 is 1.24 bits per heavy atom. The third kappa shape index (κ3) is 2.90. The number of fused-ring (bicyclic) bond motifs is 1. The zero-order valence-electron chi connectivity index (χ0n) is 13.0. The van der Waals surface area contributed by atoms with Crippen molar-refractivity contribution in [1.29, 1.82) is 0 Å². The van der Waals surface area contributed by atoms with Crippen LogP contribution in [-0.2, 0) is 0 Å². The van der Waals surface area contributed by atoms with E-state index in [0.29, 0.717) is 4.75 Å². The molecular formula is C16H23N3S2. The largest absolute Gasteiger partial charge is 0.368 e. The minimum Gasteiger partial charge on any atom is -0.368 e. The van der Waals surface area contributed by atoms with Crippen LogP contribution in [0.25, 0.3) is 10.2 Å². The van der Waals surface area contributed by atoms with Crippen molar-refractivity contribution in [2.45, 2.75) is 50.7 Å². The van der Waals surface area contributed by atoms with Crippen LogP contribution in [0.2, 0.25) is 0 Å². The molecule has 0 bridgehead atoms. The molecule has 0 aliphatic heterocycles. The monoisotopic (exact) mass is 321 g/mol. The first-order chi connectivity index (χ1) is 10.2. The summed E-state index contributed by atoms with van der Waals surface area (Å²) in [5.74, 6) is 1.01. The summed E-state index contributed by atoms with van der Waals surface area (Å²) >= 11 is 3.79. The van der Waals surface area contributed by atoms with E-state index in [-0.39, 0.29) is 0 Å². The molecule has 2 aromatic rings. The van der Waals surface area contributed by atoms with E-state index in [4.69, 9.17) is 0 Å². The number of rotatable bonds is 4. The smallest absolute Gasteiger partial charge is 0.138 e. The highest BCUT2D eigenvalue weighted by Crippen LogP contribution is 2.39. The fourth-order valence-electron chi connectivity index (χ4n) is 3.21. The second-order valence-corrected chi connectivity index (χ2v) is 8.46. The number of anilines is 1. The van der Waals surface area contributed by atoms with Gasteiger partial charge in [-0.2, -0.15) is 11.8 Å². The second-order valence-electron chi connectivity index (χ2n) is 5.99. The maximum atomic E-state index is 4.51. The van der Waals surface area contributed by atoms with Gasteiger partial charge in [0.05, 0.1) is 5.39 Å². The molecule has 1 fully saturated rings. The van der Waals surface area contributed by atoms with E-state index in [1.807, 2.05) is 11.8 Å². The Bertz CT molecular complexity index is 630. The van der Waals surface area contributed by atoms with Gasteiger partial charge in [0.25, 0.3) is 0 Å². The summed E-state index contributed by atoms with van der Waals surface area (Å²) in [7, 11) is 0. The Kier molecular flexibility index (Phi) is 4.41. The number of hydrogen-bond acceptors (Lipinski definition) is 5. The van der Waals surface area contributed by atoms with Gasteiger partial charge in [0.15, 0.2) is 0 Å². The van der Waals surface area contributed by atoms with Crippen LogP contribution >= 0.6 is 23.1 Å². The van der Waals surface area contributed by atoms with Crippen LogP contribution in [0.3, 0.4) is 0 Å². The van der Waals surface area contributed by atoms with Crippen molar-refractivity contribution in [3.05, 3.63) is 16.8 Å². The van der Waals surface area contributed by atoms with E-state index >= 15 is 0 Å². The molecule has 3 rings (SSSR count). The minimum atomic E-state index is 0.383. The van der Waals surface area contributed by atoms with Gasteiger partial charge in [0.2, 0.25) is 0 Å². The van der Waals surface area contributed by atoms with Gasteiger partial charge in [-0.1, -0.05) is 19.3 Å². The van der Waals surface area contributed by atoms with Crippen molar-refractivity contribution in [3.8, 4) is 0 Å². The first kappa shape index (κ1) is 15.1.